The first-order chi connectivity index (χ1) is 11.2. The van der Waals surface area contributed by atoms with E-state index >= 15 is 0 Å². The van der Waals surface area contributed by atoms with Crippen LogP contribution in [-0.4, -0.2) is 26.1 Å². The standard InChI is InChI=1S/C16H13N5O2/c1-11-5-6-15(21-20-11)23-13-4-2-3-12(9-13)19-16(22)14-10-17-7-8-18-14/h2-10H,1H3,(H,19,22). The molecular formula is C16H13N5O2. The zero-order valence-electron chi connectivity index (χ0n) is 12.3. The monoisotopic (exact) mass is 307 g/mol. The third kappa shape index (κ3) is 3.85. The van der Waals surface area contributed by atoms with E-state index in [1.807, 2.05) is 13.0 Å². The lowest BCUT2D eigenvalue weighted by Gasteiger charge is -2.08. The van der Waals surface area contributed by atoms with Crippen molar-refractivity contribution in [1.29, 1.82) is 0 Å². The van der Waals surface area contributed by atoms with Crippen LogP contribution < -0.4 is 10.1 Å². The molecule has 7 nitrogen and oxygen atoms in total. The summed E-state index contributed by atoms with van der Waals surface area (Å²) in [5, 5.41) is 10.6. The van der Waals surface area contributed by atoms with Gasteiger partial charge in [0.2, 0.25) is 5.88 Å². The first-order valence-electron chi connectivity index (χ1n) is 6.86. The number of ether oxygens (including phenoxy) is 1. The summed E-state index contributed by atoms with van der Waals surface area (Å²) < 4.78 is 5.61. The molecule has 3 aromatic rings. The van der Waals surface area contributed by atoms with Gasteiger partial charge in [-0.3, -0.25) is 9.78 Å². The lowest BCUT2D eigenvalue weighted by atomic mass is 10.3. The lowest BCUT2D eigenvalue weighted by molar-refractivity contribution is 0.102. The summed E-state index contributed by atoms with van der Waals surface area (Å²) in [5.41, 5.74) is 1.63. The molecule has 3 rings (SSSR count). The number of hydrogen-bond donors (Lipinski definition) is 1. The van der Waals surface area contributed by atoms with Gasteiger partial charge in [0.15, 0.2) is 0 Å². The minimum atomic E-state index is -0.342. The maximum absolute atomic E-state index is 12.0. The lowest BCUT2D eigenvalue weighted by Crippen LogP contribution is -2.13. The first-order valence-corrected chi connectivity index (χ1v) is 6.86. The third-order valence-corrected chi connectivity index (χ3v) is 2.88. The van der Waals surface area contributed by atoms with Gasteiger partial charge in [0.1, 0.15) is 11.4 Å². The third-order valence-electron chi connectivity index (χ3n) is 2.88. The molecule has 0 bridgehead atoms. The topological polar surface area (TPSA) is 89.9 Å². The highest BCUT2D eigenvalue weighted by atomic mass is 16.5. The van der Waals surface area contributed by atoms with Gasteiger partial charge < -0.3 is 10.1 Å². The highest BCUT2D eigenvalue weighted by Gasteiger charge is 2.08. The van der Waals surface area contributed by atoms with Crippen molar-refractivity contribution in [2.24, 2.45) is 0 Å². The van der Waals surface area contributed by atoms with Crippen LogP contribution >= 0.6 is 0 Å². The van der Waals surface area contributed by atoms with Crippen LogP contribution in [0.2, 0.25) is 0 Å². The molecule has 0 saturated heterocycles. The van der Waals surface area contributed by atoms with Crippen LogP contribution in [-0.2, 0) is 0 Å². The number of benzene rings is 1. The Morgan fingerprint density at radius 3 is 2.78 bits per heavy atom. The van der Waals surface area contributed by atoms with Crippen molar-refractivity contribution in [2.75, 3.05) is 5.32 Å². The average molecular weight is 307 g/mol. The van der Waals surface area contributed by atoms with Gasteiger partial charge in [-0.1, -0.05) is 6.07 Å². The number of hydrogen-bond acceptors (Lipinski definition) is 6. The Hall–Kier alpha value is -3.35. The number of anilines is 1. The van der Waals surface area contributed by atoms with Crippen molar-refractivity contribution >= 4 is 11.6 Å². The number of rotatable bonds is 4. The molecule has 0 fully saturated rings. The van der Waals surface area contributed by atoms with Crippen molar-refractivity contribution < 1.29 is 9.53 Å². The zero-order chi connectivity index (χ0) is 16.1. The van der Waals surface area contributed by atoms with Gasteiger partial charge in [-0.25, -0.2) is 4.98 Å². The molecule has 114 valence electrons. The molecule has 2 aromatic heterocycles. The fourth-order valence-corrected chi connectivity index (χ4v) is 1.81. The van der Waals surface area contributed by atoms with Crippen molar-refractivity contribution in [3.8, 4) is 11.6 Å². The van der Waals surface area contributed by atoms with Crippen LogP contribution in [0.1, 0.15) is 16.2 Å². The Kier molecular flexibility index (Phi) is 4.19. The highest BCUT2D eigenvalue weighted by Crippen LogP contribution is 2.22. The van der Waals surface area contributed by atoms with E-state index in [4.69, 9.17) is 4.74 Å². The summed E-state index contributed by atoms with van der Waals surface area (Å²) in [6.45, 7) is 1.85. The molecule has 0 saturated carbocycles. The molecule has 0 aliphatic carbocycles. The fourth-order valence-electron chi connectivity index (χ4n) is 1.81. The van der Waals surface area contributed by atoms with Crippen molar-refractivity contribution in [3.05, 3.63) is 66.4 Å². The number of amides is 1. The zero-order valence-corrected chi connectivity index (χ0v) is 12.3. The number of nitrogens with zero attached hydrogens (tertiary/aromatic N) is 4. The molecule has 1 amide bonds. The second-order valence-electron chi connectivity index (χ2n) is 4.69. The van der Waals surface area contributed by atoms with E-state index in [9.17, 15) is 4.79 Å². The van der Waals surface area contributed by atoms with Crippen LogP contribution in [0, 0.1) is 6.92 Å². The molecule has 0 spiro atoms. The van der Waals surface area contributed by atoms with Crippen LogP contribution in [0.4, 0.5) is 5.69 Å². The largest absolute Gasteiger partial charge is 0.437 e. The van der Waals surface area contributed by atoms with Crippen molar-refractivity contribution in [1.82, 2.24) is 20.2 Å². The number of carbonyl (C=O) groups is 1. The summed E-state index contributed by atoms with van der Waals surface area (Å²) in [4.78, 5) is 19.9. The Morgan fingerprint density at radius 1 is 1.13 bits per heavy atom. The van der Waals surface area contributed by atoms with Gasteiger partial charge in [-0.2, -0.15) is 5.10 Å². The first kappa shape index (κ1) is 14.6. The molecule has 0 aliphatic heterocycles. The molecule has 0 atom stereocenters. The van der Waals surface area contributed by atoms with E-state index in [0.717, 1.165) is 5.69 Å². The SMILES string of the molecule is Cc1ccc(Oc2cccc(NC(=O)c3cnccn3)c2)nn1. The Bertz CT molecular complexity index is 806. The molecule has 2 heterocycles. The molecular weight excluding hydrogens is 294 g/mol. The minimum Gasteiger partial charge on any atom is -0.437 e. The normalized spacial score (nSPS) is 10.1. The van der Waals surface area contributed by atoms with Crippen molar-refractivity contribution in [2.45, 2.75) is 6.92 Å². The molecule has 7 heteroatoms. The average Bonchev–Trinajstić information content (AvgIpc) is 2.58. The Morgan fingerprint density at radius 2 is 2.04 bits per heavy atom. The fraction of sp³-hybridized carbons (Fsp3) is 0.0625. The van der Waals surface area contributed by atoms with E-state index in [0.29, 0.717) is 17.3 Å². The maximum atomic E-state index is 12.0. The van der Waals surface area contributed by atoms with E-state index < -0.39 is 0 Å². The van der Waals surface area contributed by atoms with Crippen LogP contribution in [0.25, 0.3) is 0 Å². The van der Waals surface area contributed by atoms with Gasteiger partial charge in [0, 0.05) is 30.2 Å². The van der Waals surface area contributed by atoms with E-state index in [1.54, 1.807) is 30.3 Å². The summed E-state index contributed by atoms with van der Waals surface area (Å²) in [6, 6.07) is 10.5. The van der Waals surface area contributed by atoms with E-state index in [-0.39, 0.29) is 11.6 Å². The second-order valence-corrected chi connectivity index (χ2v) is 4.69. The van der Waals surface area contributed by atoms with E-state index in [1.165, 1.54) is 18.6 Å². The predicted octanol–water partition coefficient (Wildman–Crippen LogP) is 2.62. The maximum Gasteiger partial charge on any atom is 0.275 e. The molecule has 1 N–H and O–H groups in total. The van der Waals surface area contributed by atoms with Crippen LogP contribution in [0.5, 0.6) is 11.6 Å². The summed E-state index contributed by atoms with van der Waals surface area (Å²) in [6.07, 6.45) is 4.37. The van der Waals surface area contributed by atoms with Gasteiger partial charge in [-0.15, -0.1) is 5.10 Å². The number of carbonyl (C=O) groups excluding carboxylic acids is 1. The summed E-state index contributed by atoms with van der Waals surface area (Å²) in [7, 11) is 0. The van der Waals surface area contributed by atoms with Gasteiger partial charge in [0.25, 0.3) is 5.91 Å². The summed E-state index contributed by atoms with van der Waals surface area (Å²) in [5.74, 6) is 0.582. The van der Waals surface area contributed by atoms with Crippen molar-refractivity contribution in [3.63, 3.8) is 0 Å². The number of aryl methyl sites for hydroxylation is 1. The van der Waals surface area contributed by atoms with Gasteiger partial charge >= 0.3 is 0 Å². The number of nitrogens with one attached hydrogen (secondary N) is 1. The molecule has 0 radical (unpaired) electrons. The van der Waals surface area contributed by atoms with Crippen LogP contribution in [0.3, 0.4) is 0 Å². The molecule has 1 aromatic carbocycles. The number of aromatic nitrogens is 4. The second kappa shape index (κ2) is 6.61. The predicted molar refractivity (Wildman–Crippen MR) is 83.3 cm³/mol. The van der Waals surface area contributed by atoms with E-state index in [2.05, 4.69) is 25.5 Å². The van der Waals surface area contributed by atoms with Crippen LogP contribution in [0.15, 0.2) is 55.0 Å². The smallest absolute Gasteiger partial charge is 0.275 e. The molecule has 0 aliphatic rings. The molecule has 0 unspecified atom stereocenters. The summed E-state index contributed by atoms with van der Waals surface area (Å²) >= 11 is 0. The van der Waals surface area contributed by atoms with Gasteiger partial charge in [0.05, 0.1) is 11.9 Å². The molecule has 23 heavy (non-hydrogen) atoms. The minimum absolute atomic E-state index is 0.239. The Balaban J connectivity index is 1.72. The highest BCUT2D eigenvalue weighted by molar-refractivity contribution is 6.02. The Labute approximate surface area is 132 Å². The van der Waals surface area contributed by atoms with Gasteiger partial charge in [-0.05, 0) is 25.1 Å². The quantitative estimate of drug-likeness (QED) is 0.797.